The minimum atomic E-state index is -0.312. The molecule has 2 atom stereocenters. The van der Waals surface area contributed by atoms with Crippen LogP contribution in [0.2, 0.25) is 0 Å². The molecule has 0 aromatic heterocycles. The molecule has 2 saturated heterocycles. The van der Waals surface area contributed by atoms with Crippen molar-refractivity contribution in [1.29, 1.82) is 0 Å². The van der Waals surface area contributed by atoms with E-state index < -0.39 is 0 Å². The second-order valence-electron chi connectivity index (χ2n) is 7.67. The monoisotopic (exact) mass is 378 g/mol. The standard InChI is InChI=1S/C20H27FN2O4/c1-14(19-13-26-18-12-16(21)2-3-17(18)27-19)22-7-4-15(5-8-22)6-9-23-10-11-25-20(23)24/h2-3,12,14-15,19H,4-11,13H2,1H3/t14?,19-/m1/s1. The van der Waals surface area contributed by atoms with E-state index in [2.05, 4.69) is 11.8 Å². The number of likely N-dealkylation sites (tertiary alicyclic amines) is 1. The zero-order chi connectivity index (χ0) is 18.8. The molecule has 7 heteroatoms. The molecule has 0 radical (unpaired) electrons. The van der Waals surface area contributed by atoms with Gasteiger partial charge in [-0.05, 0) is 57.3 Å². The van der Waals surface area contributed by atoms with Crippen molar-refractivity contribution in [3.8, 4) is 11.5 Å². The number of fused-ring (bicyclic) bond motifs is 1. The predicted octanol–water partition coefficient (Wildman–Crippen LogP) is 2.91. The summed E-state index contributed by atoms with van der Waals surface area (Å²) in [6.07, 6.45) is 3.07. The lowest BCUT2D eigenvalue weighted by molar-refractivity contribution is 0.00730. The first-order chi connectivity index (χ1) is 13.1. The Kier molecular flexibility index (Phi) is 5.38. The number of halogens is 1. The van der Waals surface area contributed by atoms with Crippen LogP contribution < -0.4 is 9.47 Å². The van der Waals surface area contributed by atoms with Crippen LogP contribution in [0, 0.1) is 11.7 Å². The second kappa shape index (κ2) is 7.92. The van der Waals surface area contributed by atoms with Gasteiger partial charge in [0.1, 0.15) is 25.1 Å². The summed E-state index contributed by atoms with van der Waals surface area (Å²) in [7, 11) is 0. The SMILES string of the molecule is CC([C@H]1COc2cc(F)ccc2O1)N1CCC(CCN2CCOC2=O)CC1. The number of ether oxygens (including phenoxy) is 3. The highest BCUT2D eigenvalue weighted by Crippen LogP contribution is 2.34. The number of piperidine rings is 1. The van der Waals surface area contributed by atoms with Gasteiger partial charge in [-0.2, -0.15) is 0 Å². The third-order valence-corrected chi connectivity index (χ3v) is 6.00. The van der Waals surface area contributed by atoms with Gasteiger partial charge in [0.15, 0.2) is 11.5 Å². The molecule has 0 aliphatic carbocycles. The molecule has 0 saturated carbocycles. The summed E-state index contributed by atoms with van der Waals surface area (Å²) >= 11 is 0. The maximum Gasteiger partial charge on any atom is 0.409 e. The van der Waals surface area contributed by atoms with Gasteiger partial charge in [0, 0.05) is 18.7 Å². The number of hydrogen-bond acceptors (Lipinski definition) is 5. The molecule has 1 aromatic rings. The summed E-state index contributed by atoms with van der Waals surface area (Å²) in [5, 5.41) is 0. The number of nitrogens with zero attached hydrogens (tertiary/aromatic N) is 2. The van der Waals surface area contributed by atoms with Crippen LogP contribution in [0.1, 0.15) is 26.2 Å². The van der Waals surface area contributed by atoms with Crippen molar-refractivity contribution in [1.82, 2.24) is 9.80 Å². The largest absolute Gasteiger partial charge is 0.486 e. The third kappa shape index (κ3) is 4.13. The Morgan fingerprint density at radius 3 is 2.74 bits per heavy atom. The molecule has 6 nitrogen and oxygen atoms in total. The van der Waals surface area contributed by atoms with Crippen molar-refractivity contribution in [3.63, 3.8) is 0 Å². The fraction of sp³-hybridized carbons (Fsp3) is 0.650. The number of cyclic esters (lactones) is 1. The van der Waals surface area contributed by atoms with E-state index >= 15 is 0 Å². The first-order valence-corrected chi connectivity index (χ1v) is 9.85. The second-order valence-corrected chi connectivity index (χ2v) is 7.67. The van der Waals surface area contributed by atoms with E-state index in [1.54, 1.807) is 6.07 Å². The van der Waals surface area contributed by atoms with E-state index in [-0.39, 0.29) is 24.1 Å². The molecule has 1 aromatic carbocycles. The third-order valence-electron chi connectivity index (χ3n) is 6.00. The number of carbonyl (C=O) groups excluding carboxylic acids is 1. The lowest BCUT2D eigenvalue weighted by atomic mass is 9.92. The Morgan fingerprint density at radius 1 is 1.19 bits per heavy atom. The zero-order valence-electron chi connectivity index (χ0n) is 15.7. The van der Waals surface area contributed by atoms with Gasteiger partial charge in [-0.15, -0.1) is 0 Å². The quantitative estimate of drug-likeness (QED) is 0.789. The van der Waals surface area contributed by atoms with Crippen LogP contribution in [0.4, 0.5) is 9.18 Å². The van der Waals surface area contributed by atoms with Gasteiger partial charge in [0.2, 0.25) is 0 Å². The van der Waals surface area contributed by atoms with Crippen molar-refractivity contribution in [3.05, 3.63) is 24.0 Å². The van der Waals surface area contributed by atoms with E-state index in [0.717, 1.165) is 45.4 Å². The fourth-order valence-electron chi connectivity index (χ4n) is 4.15. The van der Waals surface area contributed by atoms with Crippen LogP contribution in [0.3, 0.4) is 0 Å². The van der Waals surface area contributed by atoms with E-state index in [4.69, 9.17) is 14.2 Å². The van der Waals surface area contributed by atoms with Gasteiger partial charge in [-0.25, -0.2) is 9.18 Å². The Morgan fingerprint density at radius 2 is 2.00 bits per heavy atom. The minimum Gasteiger partial charge on any atom is -0.486 e. The van der Waals surface area contributed by atoms with Gasteiger partial charge < -0.3 is 19.1 Å². The highest BCUT2D eigenvalue weighted by atomic mass is 19.1. The summed E-state index contributed by atoms with van der Waals surface area (Å²) in [5.41, 5.74) is 0. The Labute approximate surface area is 159 Å². The Hall–Kier alpha value is -2.02. The average molecular weight is 378 g/mol. The molecule has 0 N–H and O–H groups in total. The van der Waals surface area contributed by atoms with Gasteiger partial charge in [-0.1, -0.05) is 0 Å². The number of carbonyl (C=O) groups is 1. The topological polar surface area (TPSA) is 51.2 Å². The molecule has 0 spiro atoms. The molecule has 3 aliphatic rings. The van der Waals surface area contributed by atoms with Gasteiger partial charge in [-0.3, -0.25) is 4.90 Å². The summed E-state index contributed by atoms with van der Waals surface area (Å²) in [6.45, 7) is 6.69. The summed E-state index contributed by atoms with van der Waals surface area (Å²) < 4.78 is 30.1. The fourth-order valence-corrected chi connectivity index (χ4v) is 4.15. The van der Waals surface area contributed by atoms with Crippen LogP contribution in [-0.4, -0.2) is 67.4 Å². The van der Waals surface area contributed by atoms with Crippen molar-refractivity contribution in [2.45, 2.75) is 38.3 Å². The van der Waals surface area contributed by atoms with Crippen molar-refractivity contribution < 1.29 is 23.4 Å². The van der Waals surface area contributed by atoms with Crippen LogP contribution in [0.25, 0.3) is 0 Å². The molecular weight excluding hydrogens is 351 g/mol. The van der Waals surface area contributed by atoms with Crippen molar-refractivity contribution in [2.24, 2.45) is 5.92 Å². The van der Waals surface area contributed by atoms with Crippen molar-refractivity contribution >= 4 is 6.09 Å². The Balaban J connectivity index is 1.24. The van der Waals surface area contributed by atoms with Gasteiger partial charge in [0.05, 0.1) is 6.54 Å². The number of rotatable bonds is 5. The normalized spacial score (nSPS) is 24.7. The number of amides is 1. The molecule has 2 fully saturated rings. The molecule has 4 rings (SSSR count). The lowest BCUT2D eigenvalue weighted by Crippen LogP contribution is -2.51. The molecule has 148 valence electrons. The smallest absolute Gasteiger partial charge is 0.409 e. The molecular formula is C20H27FN2O4. The minimum absolute atomic E-state index is 0.0566. The van der Waals surface area contributed by atoms with E-state index in [1.165, 1.54) is 12.1 Å². The maximum atomic E-state index is 13.3. The van der Waals surface area contributed by atoms with Crippen LogP contribution >= 0.6 is 0 Å². The van der Waals surface area contributed by atoms with Crippen LogP contribution in [0.15, 0.2) is 18.2 Å². The van der Waals surface area contributed by atoms with E-state index in [9.17, 15) is 9.18 Å². The highest BCUT2D eigenvalue weighted by molar-refractivity contribution is 5.69. The van der Waals surface area contributed by atoms with Gasteiger partial charge >= 0.3 is 6.09 Å². The predicted molar refractivity (Wildman–Crippen MR) is 97.6 cm³/mol. The van der Waals surface area contributed by atoms with E-state index in [0.29, 0.717) is 30.6 Å². The van der Waals surface area contributed by atoms with Crippen LogP contribution in [-0.2, 0) is 4.74 Å². The Bertz CT molecular complexity index is 678. The van der Waals surface area contributed by atoms with E-state index in [1.807, 2.05) is 4.90 Å². The summed E-state index contributed by atoms with van der Waals surface area (Å²) in [4.78, 5) is 15.8. The lowest BCUT2D eigenvalue weighted by Gasteiger charge is -2.40. The molecule has 0 bridgehead atoms. The number of hydrogen-bond donors (Lipinski definition) is 0. The zero-order valence-corrected chi connectivity index (χ0v) is 15.7. The summed E-state index contributed by atoms with van der Waals surface area (Å²) in [6, 6.07) is 4.64. The number of benzene rings is 1. The first-order valence-electron chi connectivity index (χ1n) is 9.85. The molecule has 3 heterocycles. The summed E-state index contributed by atoms with van der Waals surface area (Å²) in [5.74, 6) is 1.44. The van der Waals surface area contributed by atoms with Gasteiger partial charge in [0.25, 0.3) is 0 Å². The molecule has 27 heavy (non-hydrogen) atoms. The maximum absolute atomic E-state index is 13.3. The van der Waals surface area contributed by atoms with Crippen LogP contribution in [0.5, 0.6) is 11.5 Å². The average Bonchev–Trinajstić information content (AvgIpc) is 3.10. The first kappa shape index (κ1) is 18.3. The van der Waals surface area contributed by atoms with Crippen molar-refractivity contribution in [2.75, 3.05) is 39.4 Å². The highest BCUT2D eigenvalue weighted by Gasteiger charge is 2.32. The molecule has 1 unspecified atom stereocenters. The molecule has 1 amide bonds. The molecule has 3 aliphatic heterocycles.